The molecule has 1 aromatic heterocycles. The van der Waals surface area contributed by atoms with Crippen LogP contribution in [0, 0.1) is 0 Å². The molecule has 1 aromatic carbocycles. The maximum absolute atomic E-state index is 11.3. The van der Waals surface area contributed by atoms with Gasteiger partial charge in [-0.25, -0.2) is 9.78 Å². The molecule has 1 aliphatic heterocycles. The quantitative estimate of drug-likeness (QED) is 0.939. The third-order valence-electron chi connectivity index (χ3n) is 3.41. The van der Waals surface area contributed by atoms with Gasteiger partial charge in [-0.05, 0) is 12.0 Å². The molecular formula is C15H15NO3S. The molecule has 0 fully saturated rings. The number of aromatic nitrogens is 1. The third kappa shape index (κ3) is 2.08. The zero-order valence-corrected chi connectivity index (χ0v) is 12.1. The lowest BCUT2D eigenvalue weighted by molar-refractivity contribution is 0.0700. The predicted molar refractivity (Wildman–Crippen MR) is 76.9 cm³/mol. The van der Waals surface area contributed by atoms with Crippen molar-refractivity contribution in [2.75, 3.05) is 6.61 Å². The summed E-state index contributed by atoms with van der Waals surface area (Å²) < 4.78 is 5.65. The second-order valence-corrected chi connectivity index (χ2v) is 6.16. The lowest BCUT2D eigenvalue weighted by Gasteiger charge is -2.04. The maximum atomic E-state index is 11.3. The molecule has 0 saturated heterocycles. The highest BCUT2D eigenvalue weighted by Gasteiger charge is 2.30. The molecule has 0 saturated carbocycles. The van der Waals surface area contributed by atoms with Gasteiger partial charge >= 0.3 is 5.97 Å². The van der Waals surface area contributed by atoms with Crippen molar-refractivity contribution in [3.05, 3.63) is 45.4 Å². The summed E-state index contributed by atoms with van der Waals surface area (Å²) in [4.78, 5) is 16.3. The molecule has 2 aromatic rings. The smallest absolute Gasteiger partial charge is 0.347 e. The topological polar surface area (TPSA) is 59.4 Å². The monoisotopic (exact) mass is 289 g/mol. The highest BCUT2D eigenvalue weighted by Crippen LogP contribution is 2.40. The molecule has 1 atom stereocenters. The van der Waals surface area contributed by atoms with E-state index in [-0.39, 0.29) is 11.8 Å². The summed E-state index contributed by atoms with van der Waals surface area (Å²) in [6, 6.07) is 7.86. The Labute approximate surface area is 121 Å². The number of para-hydroxylation sites is 1. The molecule has 0 aliphatic carbocycles. The summed E-state index contributed by atoms with van der Waals surface area (Å²) >= 11 is 1.27. The number of hydrogen-bond acceptors (Lipinski definition) is 4. The van der Waals surface area contributed by atoms with Crippen LogP contribution in [0.2, 0.25) is 0 Å². The Kier molecular flexibility index (Phi) is 3.22. The van der Waals surface area contributed by atoms with E-state index in [0.717, 1.165) is 16.3 Å². The summed E-state index contributed by atoms with van der Waals surface area (Å²) in [5, 5.41) is 10.1. The number of ether oxygens (including phenoxy) is 1. The second-order valence-electron chi connectivity index (χ2n) is 5.13. The van der Waals surface area contributed by atoms with Crippen LogP contribution in [0.4, 0.5) is 0 Å². The van der Waals surface area contributed by atoms with Crippen LogP contribution >= 0.6 is 11.3 Å². The number of carbonyl (C=O) groups is 1. The second kappa shape index (κ2) is 4.90. The summed E-state index contributed by atoms with van der Waals surface area (Å²) in [5.74, 6) is 0.116. The van der Waals surface area contributed by atoms with Gasteiger partial charge in [0.15, 0.2) is 0 Å². The summed E-state index contributed by atoms with van der Waals surface area (Å²) in [6.07, 6.45) is 0. The van der Waals surface area contributed by atoms with Gasteiger partial charge in [0, 0.05) is 5.56 Å². The Balaban J connectivity index is 2.04. The molecule has 5 heteroatoms. The lowest BCUT2D eigenvalue weighted by Crippen LogP contribution is -2.03. The fraction of sp³-hybridized carbons (Fsp3) is 0.333. The van der Waals surface area contributed by atoms with E-state index in [1.165, 1.54) is 11.3 Å². The van der Waals surface area contributed by atoms with Gasteiger partial charge < -0.3 is 9.84 Å². The molecule has 3 rings (SSSR count). The predicted octanol–water partition coefficient (Wildman–Crippen LogP) is 3.49. The van der Waals surface area contributed by atoms with E-state index in [1.807, 2.05) is 38.1 Å². The minimum Gasteiger partial charge on any atom is -0.492 e. The fourth-order valence-corrected chi connectivity index (χ4v) is 3.57. The molecule has 0 bridgehead atoms. The molecule has 0 amide bonds. The first-order valence-electron chi connectivity index (χ1n) is 6.53. The van der Waals surface area contributed by atoms with Crippen molar-refractivity contribution in [2.24, 2.45) is 0 Å². The Morgan fingerprint density at radius 2 is 2.20 bits per heavy atom. The number of fused-ring (bicyclic) bond motifs is 1. The standard InChI is InChI=1S/C15H15NO3S/c1-8(2)12-13(15(17)18)20-14(16-12)10-7-19-11-6-4-3-5-9(10)11/h3-6,8,10H,7H2,1-2H3,(H,17,18). The average molecular weight is 289 g/mol. The highest BCUT2D eigenvalue weighted by atomic mass is 32.1. The molecule has 2 heterocycles. The maximum Gasteiger partial charge on any atom is 0.347 e. The molecule has 20 heavy (non-hydrogen) atoms. The van der Waals surface area contributed by atoms with Crippen LogP contribution in [-0.2, 0) is 0 Å². The van der Waals surface area contributed by atoms with Crippen molar-refractivity contribution in [1.82, 2.24) is 4.98 Å². The molecule has 1 aliphatic rings. The third-order valence-corrected chi connectivity index (χ3v) is 4.58. The number of nitrogens with zero attached hydrogens (tertiary/aromatic N) is 1. The van der Waals surface area contributed by atoms with Gasteiger partial charge in [-0.1, -0.05) is 32.0 Å². The molecule has 104 valence electrons. The van der Waals surface area contributed by atoms with Crippen LogP contribution in [0.25, 0.3) is 0 Å². The molecule has 0 spiro atoms. The van der Waals surface area contributed by atoms with Crippen LogP contribution in [-0.4, -0.2) is 22.7 Å². The number of thiazole rings is 1. The van der Waals surface area contributed by atoms with Gasteiger partial charge in [-0.2, -0.15) is 0 Å². The number of hydrogen-bond donors (Lipinski definition) is 1. The van der Waals surface area contributed by atoms with Gasteiger partial charge in [-0.15, -0.1) is 11.3 Å². The van der Waals surface area contributed by atoms with Crippen molar-refractivity contribution in [3.8, 4) is 5.75 Å². The Morgan fingerprint density at radius 3 is 2.85 bits per heavy atom. The van der Waals surface area contributed by atoms with Gasteiger partial charge in [0.25, 0.3) is 0 Å². The van der Waals surface area contributed by atoms with Gasteiger partial charge in [0.2, 0.25) is 0 Å². The number of benzene rings is 1. The van der Waals surface area contributed by atoms with E-state index in [2.05, 4.69) is 4.98 Å². The van der Waals surface area contributed by atoms with Gasteiger partial charge in [0.05, 0.1) is 11.6 Å². The first kappa shape index (κ1) is 13.1. The van der Waals surface area contributed by atoms with Crippen molar-refractivity contribution in [1.29, 1.82) is 0 Å². The van der Waals surface area contributed by atoms with Crippen LogP contribution in [0.1, 0.15) is 51.6 Å². The Bertz CT molecular complexity index is 663. The molecule has 1 N–H and O–H groups in total. The zero-order chi connectivity index (χ0) is 14.3. The average Bonchev–Trinajstić information content (AvgIpc) is 3.02. The zero-order valence-electron chi connectivity index (χ0n) is 11.3. The van der Waals surface area contributed by atoms with Gasteiger partial charge in [-0.3, -0.25) is 0 Å². The minimum atomic E-state index is -0.898. The van der Waals surface area contributed by atoms with E-state index < -0.39 is 5.97 Å². The van der Waals surface area contributed by atoms with E-state index >= 15 is 0 Å². The van der Waals surface area contributed by atoms with E-state index in [9.17, 15) is 9.90 Å². The van der Waals surface area contributed by atoms with Crippen LogP contribution in [0.3, 0.4) is 0 Å². The summed E-state index contributed by atoms with van der Waals surface area (Å²) in [5.41, 5.74) is 1.76. The van der Waals surface area contributed by atoms with Crippen LogP contribution in [0.5, 0.6) is 5.75 Å². The van der Waals surface area contributed by atoms with Crippen molar-refractivity contribution in [2.45, 2.75) is 25.7 Å². The van der Waals surface area contributed by atoms with Crippen molar-refractivity contribution < 1.29 is 14.6 Å². The normalized spacial score (nSPS) is 17.1. The largest absolute Gasteiger partial charge is 0.492 e. The van der Waals surface area contributed by atoms with Crippen LogP contribution < -0.4 is 4.74 Å². The number of aromatic carboxylic acids is 1. The van der Waals surface area contributed by atoms with E-state index in [1.54, 1.807) is 0 Å². The van der Waals surface area contributed by atoms with Crippen LogP contribution in [0.15, 0.2) is 24.3 Å². The Hall–Kier alpha value is -1.88. The molecule has 0 radical (unpaired) electrons. The first-order valence-corrected chi connectivity index (χ1v) is 7.35. The number of rotatable bonds is 3. The summed E-state index contributed by atoms with van der Waals surface area (Å²) in [7, 11) is 0. The first-order chi connectivity index (χ1) is 9.58. The number of carboxylic acid groups (broad SMARTS) is 1. The molecule has 1 unspecified atom stereocenters. The minimum absolute atomic E-state index is 0.0433. The van der Waals surface area contributed by atoms with E-state index in [0.29, 0.717) is 17.2 Å². The highest BCUT2D eigenvalue weighted by molar-refractivity contribution is 7.13. The lowest BCUT2D eigenvalue weighted by atomic mass is 10.0. The number of carboxylic acids is 1. The fourth-order valence-electron chi connectivity index (χ4n) is 2.41. The molecule has 4 nitrogen and oxygen atoms in total. The summed E-state index contributed by atoms with van der Waals surface area (Å²) in [6.45, 7) is 4.46. The molecular weight excluding hydrogens is 274 g/mol. The van der Waals surface area contributed by atoms with Gasteiger partial charge in [0.1, 0.15) is 22.2 Å². The van der Waals surface area contributed by atoms with Crippen molar-refractivity contribution >= 4 is 17.3 Å². The SMILES string of the molecule is CC(C)c1nc(C2COc3ccccc32)sc1C(=O)O. The Morgan fingerprint density at radius 1 is 1.45 bits per heavy atom. The van der Waals surface area contributed by atoms with Crippen molar-refractivity contribution in [3.63, 3.8) is 0 Å². The van der Waals surface area contributed by atoms with E-state index in [4.69, 9.17) is 4.74 Å².